The number of carbonyl (C=O) groups excluding carboxylic acids is 1. The van der Waals surface area contributed by atoms with Gasteiger partial charge < -0.3 is 4.90 Å². The smallest absolute Gasteiger partial charge is 0.228 e. The van der Waals surface area contributed by atoms with Crippen LogP contribution in [0.15, 0.2) is 54.0 Å². The minimum atomic E-state index is 0.111. The van der Waals surface area contributed by atoms with Crippen molar-refractivity contribution in [2.24, 2.45) is 0 Å². The molecule has 1 amide bonds. The standard InChI is InChI=1S/C20H19N3OS/c1-23(18-10-9-14-6-2-3-7-16(14)18)19(24)12-15-13-25-20(22-15)17-8-4-5-11-21-17/h2-8,11,13,18H,9-10,12H2,1H3. The number of hydrogen-bond donors (Lipinski definition) is 0. The molecule has 1 aliphatic carbocycles. The van der Waals surface area contributed by atoms with E-state index in [1.165, 1.54) is 22.5 Å². The van der Waals surface area contributed by atoms with E-state index >= 15 is 0 Å². The van der Waals surface area contributed by atoms with E-state index in [9.17, 15) is 4.79 Å². The maximum Gasteiger partial charge on any atom is 0.228 e. The second-order valence-corrected chi connectivity index (χ2v) is 7.15. The molecule has 0 bridgehead atoms. The fourth-order valence-corrected chi connectivity index (χ4v) is 4.18. The van der Waals surface area contributed by atoms with E-state index in [1.807, 2.05) is 35.5 Å². The Morgan fingerprint density at radius 2 is 2.08 bits per heavy atom. The number of aromatic nitrogens is 2. The molecule has 4 nitrogen and oxygen atoms in total. The molecule has 0 fully saturated rings. The summed E-state index contributed by atoms with van der Waals surface area (Å²) in [7, 11) is 1.90. The van der Waals surface area contributed by atoms with Crippen LogP contribution in [0, 0.1) is 0 Å². The number of hydrogen-bond acceptors (Lipinski definition) is 4. The van der Waals surface area contributed by atoms with Gasteiger partial charge in [-0.3, -0.25) is 9.78 Å². The summed E-state index contributed by atoms with van der Waals surface area (Å²) in [5, 5.41) is 2.82. The van der Waals surface area contributed by atoms with Crippen LogP contribution in [0.1, 0.15) is 29.3 Å². The van der Waals surface area contributed by atoms with Crippen LogP contribution in [0.4, 0.5) is 0 Å². The van der Waals surface area contributed by atoms with Gasteiger partial charge in [0.25, 0.3) is 0 Å². The van der Waals surface area contributed by atoms with Crippen molar-refractivity contribution in [3.8, 4) is 10.7 Å². The Labute approximate surface area is 151 Å². The van der Waals surface area contributed by atoms with Gasteiger partial charge in [-0.15, -0.1) is 11.3 Å². The molecule has 0 saturated heterocycles. The average molecular weight is 349 g/mol. The number of amides is 1. The van der Waals surface area contributed by atoms with E-state index in [4.69, 9.17) is 0 Å². The van der Waals surface area contributed by atoms with Gasteiger partial charge in [0.05, 0.1) is 23.9 Å². The molecule has 126 valence electrons. The zero-order valence-corrected chi connectivity index (χ0v) is 14.9. The topological polar surface area (TPSA) is 46.1 Å². The second-order valence-electron chi connectivity index (χ2n) is 6.29. The number of benzene rings is 1. The molecular weight excluding hydrogens is 330 g/mol. The number of carbonyl (C=O) groups is 1. The Balaban J connectivity index is 1.47. The lowest BCUT2D eigenvalue weighted by Crippen LogP contribution is -2.31. The van der Waals surface area contributed by atoms with E-state index < -0.39 is 0 Å². The summed E-state index contributed by atoms with van der Waals surface area (Å²) in [4.78, 5) is 23.5. The first kappa shape index (κ1) is 16.0. The van der Waals surface area contributed by atoms with Gasteiger partial charge in [0.2, 0.25) is 5.91 Å². The third kappa shape index (κ3) is 3.20. The number of thiazole rings is 1. The highest BCUT2D eigenvalue weighted by Crippen LogP contribution is 2.35. The minimum Gasteiger partial charge on any atom is -0.338 e. The molecule has 0 saturated carbocycles. The Bertz CT molecular complexity index is 891. The summed E-state index contributed by atoms with van der Waals surface area (Å²) in [5.74, 6) is 0.111. The fraction of sp³-hybridized carbons (Fsp3) is 0.250. The largest absolute Gasteiger partial charge is 0.338 e. The molecule has 2 heterocycles. The van der Waals surface area contributed by atoms with E-state index in [1.54, 1.807) is 6.20 Å². The van der Waals surface area contributed by atoms with Crippen LogP contribution >= 0.6 is 11.3 Å². The minimum absolute atomic E-state index is 0.111. The van der Waals surface area contributed by atoms with Crippen molar-refractivity contribution < 1.29 is 4.79 Å². The molecule has 0 aliphatic heterocycles. The molecule has 4 rings (SSSR count). The lowest BCUT2D eigenvalue weighted by molar-refractivity contribution is -0.131. The predicted molar refractivity (Wildman–Crippen MR) is 99.3 cm³/mol. The average Bonchev–Trinajstić information content (AvgIpc) is 3.29. The quantitative estimate of drug-likeness (QED) is 0.718. The van der Waals surface area contributed by atoms with Crippen LogP contribution in [0.5, 0.6) is 0 Å². The van der Waals surface area contributed by atoms with Crippen molar-refractivity contribution in [2.45, 2.75) is 25.3 Å². The Kier molecular flexibility index (Phi) is 4.32. The van der Waals surface area contributed by atoms with Crippen molar-refractivity contribution >= 4 is 17.2 Å². The molecule has 0 radical (unpaired) electrons. The van der Waals surface area contributed by atoms with Gasteiger partial charge in [-0.05, 0) is 36.1 Å². The van der Waals surface area contributed by atoms with E-state index in [2.05, 4.69) is 34.2 Å². The number of likely N-dealkylation sites (N-methyl/N-ethyl adjacent to an activating group) is 1. The van der Waals surface area contributed by atoms with Crippen molar-refractivity contribution in [1.29, 1.82) is 0 Å². The summed E-state index contributed by atoms with van der Waals surface area (Å²) in [6.45, 7) is 0. The molecular formula is C20H19N3OS. The Morgan fingerprint density at radius 1 is 1.24 bits per heavy atom. The molecule has 3 aromatic rings. The van der Waals surface area contributed by atoms with Crippen LogP contribution < -0.4 is 0 Å². The van der Waals surface area contributed by atoms with E-state index in [0.717, 1.165) is 29.2 Å². The number of aryl methyl sites for hydroxylation is 1. The van der Waals surface area contributed by atoms with E-state index in [-0.39, 0.29) is 11.9 Å². The van der Waals surface area contributed by atoms with Gasteiger partial charge in [0.15, 0.2) is 0 Å². The third-order valence-electron chi connectivity index (χ3n) is 4.73. The van der Waals surface area contributed by atoms with Gasteiger partial charge in [-0.1, -0.05) is 30.3 Å². The van der Waals surface area contributed by atoms with Crippen LogP contribution in [-0.4, -0.2) is 27.8 Å². The lowest BCUT2D eigenvalue weighted by atomic mass is 10.1. The summed E-state index contributed by atoms with van der Waals surface area (Å²) in [5.41, 5.74) is 4.31. The Hall–Kier alpha value is -2.53. The number of nitrogens with zero attached hydrogens (tertiary/aromatic N) is 3. The molecule has 0 N–H and O–H groups in total. The molecule has 5 heteroatoms. The summed E-state index contributed by atoms with van der Waals surface area (Å²) < 4.78 is 0. The lowest BCUT2D eigenvalue weighted by Gasteiger charge is -2.25. The molecule has 2 aromatic heterocycles. The van der Waals surface area contributed by atoms with Gasteiger partial charge >= 0.3 is 0 Å². The van der Waals surface area contributed by atoms with Crippen LogP contribution in [0.3, 0.4) is 0 Å². The third-order valence-corrected chi connectivity index (χ3v) is 5.64. The maximum absolute atomic E-state index is 12.7. The number of rotatable bonds is 4. The van der Waals surface area contributed by atoms with Gasteiger partial charge in [-0.25, -0.2) is 4.98 Å². The number of pyridine rings is 1. The monoisotopic (exact) mass is 349 g/mol. The predicted octanol–water partition coefficient (Wildman–Crippen LogP) is 3.89. The summed E-state index contributed by atoms with van der Waals surface area (Å²) >= 11 is 1.53. The maximum atomic E-state index is 12.7. The van der Waals surface area contributed by atoms with Crippen LogP contribution in [-0.2, 0) is 17.6 Å². The summed E-state index contributed by atoms with van der Waals surface area (Å²) in [6.07, 6.45) is 4.13. The fourth-order valence-electron chi connectivity index (χ4n) is 3.39. The molecule has 1 atom stereocenters. The first-order chi connectivity index (χ1) is 12.2. The zero-order valence-electron chi connectivity index (χ0n) is 14.1. The van der Waals surface area contributed by atoms with Crippen molar-refractivity contribution in [3.63, 3.8) is 0 Å². The van der Waals surface area contributed by atoms with E-state index in [0.29, 0.717) is 6.42 Å². The summed E-state index contributed by atoms with van der Waals surface area (Å²) in [6, 6.07) is 14.4. The van der Waals surface area contributed by atoms with Crippen molar-refractivity contribution in [2.75, 3.05) is 7.05 Å². The molecule has 1 unspecified atom stereocenters. The second kappa shape index (κ2) is 6.76. The van der Waals surface area contributed by atoms with Crippen molar-refractivity contribution in [3.05, 3.63) is 70.9 Å². The normalized spacial score (nSPS) is 15.8. The van der Waals surface area contributed by atoms with Gasteiger partial charge in [0, 0.05) is 18.6 Å². The van der Waals surface area contributed by atoms with Crippen LogP contribution in [0.25, 0.3) is 10.7 Å². The molecule has 25 heavy (non-hydrogen) atoms. The zero-order chi connectivity index (χ0) is 17.2. The molecule has 1 aromatic carbocycles. The first-order valence-corrected chi connectivity index (χ1v) is 9.29. The SMILES string of the molecule is CN(C(=O)Cc1csc(-c2ccccn2)n1)C1CCc2ccccc21. The molecule has 1 aliphatic rings. The first-order valence-electron chi connectivity index (χ1n) is 8.41. The van der Waals surface area contributed by atoms with Gasteiger partial charge in [-0.2, -0.15) is 0 Å². The highest BCUT2D eigenvalue weighted by Gasteiger charge is 2.28. The van der Waals surface area contributed by atoms with Crippen LogP contribution in [0.2, 0.25) is 0 Å². The number of fused-ring (bicyclic) bond motifs is 1. The van der Waals surface area contributed by atoms with Gasteiger partial charge in [0.1, 0.15) is 5.01 Å². The van der Waals surface area contributed by atoms with Crippen molar-refractivity contribution in [1.82, 2.24) is 14.9 Å². The highest BCUT2D eigenvalue weighted by molar-refractivity contribution is 7.13. The molecule has 0 spiro atoms. The highest BCUT2D eigenvalue weighted by atomic mass is 32.1. The Morgan fingerprint density at radius 3 is 2.92 bits per heavy atom.